The third-order valence-corrected chi connectivity index (χ3v) is 4.24. The van der Waals surface area contributed by atoms with Crippen molar-refractivity contribution in [2.24, 2.45) is 5.92 Å². The molecule has 0 bridgehead atoms. The van der Waals surface area contributed by atoms with Crippen molar-refractivity contribution in [1.29, 1.82) is 0 Å². The van der Waals surface area contributed by atoms with Gasteiger partial charge in [0.2, 0.25) is 0 Å². The Hall–Kier alpha value is -1.59. The van der Waals surface area contributed by atoms with Crippen LogP contribution in [0.4, 0.5) is 10.5 Å². The molecule has 0 aliphatic carbocycles. The van der Waals surface area contributed by atoms with Crippen molar-refractivity contribution in [3.05, 3.63) is 29.8 Å². The van der Waals surface area contributed by atoms with Gasteiger partial charge in [-0.3, -0.25) is 0 Å². The van der Waals surface area contributed by atoms with Crippen LogP contribution in [0, 0.1) is 5.92 Å². The first kappa shape index (κ1) is 16.8. The zero-order valence-corrected chi connectivity index (χ0v) is 13.4. The number of nitrogens with zero attached hydrogens (tertiary/aromatic N) is 1. The minimum absolute atomic E-state index is 0.0158. The Morgan fingerprint density at radius 1 is 1.41 bits per heavy atom. The number of likely N-dealkylation sites (tertiary alicyclic amines) is 1. The van der Waals surface area contributed by atoms with Crippen LogP contribution in [-0.4, -0.2) is 41.8 Å². The lowest BCUT2D eigenvalue weighted by molar-refractivity contribution is 0.0811. The van der Waals surface area contributed by atoms with E-state index in [0.29, 0.717) is 25.7 Å². The average Bonchev–Trinajstić information content (AvgIpc) is 2.54. The van der Waals surface area contributed by atoms with E-state index >= 15 is 0 Å². The Balaban J connectivity index is 1.95. The van der Waals surface area contributed by atoms with Crippen LogP contribution in [0.2, 0.25) is 0 Å². The van der Waals surface area contributed by atoms with Gasteiger partial charge in [0.15, 0.2) is 0 Å². The van der Waals surface area contributed by atoms with Crippen molar-refractivity contribution in [3.8, 4) is 0 Å². The average molecular weight is 306 g/mol. The van der Waals surface area contributed by atoms with E-state index in [1.54, 1.807) is 4.90 Å². The molecule has 2 rings (SSSR count). The minimum atomic E-state index is -0.136. The number of aliphatic hydroxyl groups excluding tert-OH is 1. The van der Waals surface area contributed by atoms with Gasteiger partial charge in [-0.25, -0.2) is 4.79 Å². The van der Waals surface area contributed by atoms with Crippen molar-refractivity contribution < 1.29 is 14.6 Å². The molecule has 1 aliphatic heterocycles. The lowest BCUT2D eigenvalue weighted by Crippen LogP contribution is -2.51. The Morgan fingerprint density at radius 2 is 2.14 bits per heavy atom. The fraction of sp³-hybridized carbons (Fsp3) is 0.588. The van der Waals surface area contributed by atoms with Gasteiger partial charge < -0.3 is 20.1 Å². The summed E-state index contributed by atoms with van der Waals surface area (Å²) in [6.45, 7) is 6.04. The third kappa shape index (κ3) is 4.21. The molecular formula is C17H26N2O3. The number of nitrogens with one attached hydrogen (secondary N) is 1. The van der Waals surface area contributed by atoms with Crippen molar-refractivity contribution in [2.75, 3.05) is 25.1 Å². The highest BCUT2D eigenvalue weighted by atomic mass is 16.5. The zero-order chi connectivity index (χ0) is 15.9. The van der Waals surface area contributed by atoms with E-state index in [-0.39, 0.29) is 18.7 Å². The fourth-order valence-electron chi connectivity index (χ4n) is 2.88. The summed E-state index contributed by atoms with van der Waals surface area (Å²) in [5, 5.41) is 12.4. The standard InChI is InChI=1S/C17H26N2O3/c1-3-22-12-14-6-8-15(9-7-14)18-17(21)19-10-4-5-13(2)16(19)11-20/h6-9,13,16,20H,3-5,10-12H2,1-2H3,(H,18,21). The molecule has 2 N–H and O–H groups in total. The number of benzene rings is 1. The molecule has 0 spiro atoms. The summed E-state index contributed by atoms with van der Waals surface area (Å²) in [4.78, 5) is 14.2. The van der Waals surface area contributed by atoms with Gasteiger partial charge in [0.1, 0.15) is 0 Å². The highest BCUT2D eigenvalue weighted by Crippen LogP contribution is 2.24. The number of aliphatic hydroxyl groups is 1. The molecule has 2 atom stereocenters. The van der Waals surface area contributed by atoms with E-state index in [2.05, 4.69) is 12.2 Å². The molecule has 1 fully saturated rings. The van der Waals surface area contributed by atoms with Gasteiger partial charge in [-0.2, -0.15) is 0 Å². The molecule has 1 saturated heterocycles. The molecule has 0 aromatic heterocycles. The van der Waals surface area contributed by atoms with Gasteiger partial charge in [0, 0.05) is 18.8 Å². The zero-order valence-electron chi connectivity index (χ0n) is 13.4. The lowest BCUT2D eigenvalue weighted by atomic mass is 9.91. The maximum Gasteiger partial charge on any atom is 0.322 e. The predicted octanol–water partition coefficient (Wildman–Crippen LogP) is 2.85. The normalized spacial score (nSPS) is 21.7. The fourth-order valence-corrected chi connectivity index (χ4v) is 2.88. The number of carbonyl (C=O) groups excluding carboxylic acids is 1. The Kier molecular flexibility index (Phi) is 6.21. The number of hydrogen-bond donors (Lipinski definition) is 2. The van der Waals surface area contributed by atoms with Gasteiger partial charge in [-0.1, -0.05) is 19.1 Å². The summed E-state index contributed by atoms with van der Waals surface area (Å²) < 4.78 is 5.35. The second-order valence-corrected chi connectivity index (χ2v) is 5.83. The molecule has 5 heteroatoms. The smallest absolute Gasteiger partial charge is 0.322 e. The van der Waals surface area contributed by atoms with E-state index in [1.807, 2.05) is 31.2 Å². The molecular weight excluding hydrogens is 280 g/mol. The maximum atomic E-state index is 12.4. The summed E-state index contributed by atoms with van der Waals surface area (Å²) in [6.07, 6.45) is 2.04. The summed E-state index contributed by atoms with van der Waals surface area (Å²) in [7, 11) is 0. The molecule has 5 nitrogen and oxygen atoms in total. The summed E-state index contributed by atoms with van der Waals surface area (Å²) in [5.74, 6) is 0.332. The van der Waals surface area contributed by atoms with E-state index in [0.717, 1.165) is 24.1 Å². The highest BCUT2D eigenvalue weighted by Gasteiger charge is 2.31. The molecule has 2 unspecified atom stereocenters. The summed E-state index contributed by atoms with van der Waals surface area (Å²) in [6, 6.07) is 7.44. The van der Waals surface area contributed by atoms with Crippen LogP contribution in [0.1, 0.15) is 32.3 Å². The first-order valence-electron chi connectivity index (χ1n) is 8.00. The van der Waals surface area contributed by atoms with Crippen LogP contribution in [-0.2, 0) is 11.3 Å². The number of hydrogen-bond acceptors (Lipinski definition) is 3. The van der Waals surface area contributed by atoms with Crippen molar-refractivity contribution in [1.82, 2.24) is 4.90 Å². The Morgan fingerprint density at radius 3 is 2.77 bits per heavy atom. The number of rotatable bonds is 5. The maximum absolute atomic E-state index is 12.4. The number of carbonyl (C=O) groups is 1. The van der Waals surface area contributed by atoms with Crippen LogP contribution < -0.4 is 5.32 Å². The first-order valence-corrected chi connectivity index (χ1v) is 8.00. The number of piperidine rings is 1. The second kappa shape index (κ2) is 8.15. The molecule has 1 aromatic rings. The molecule has 1 aromatic carbocycles. The lowest BCUT2D eigenvalue weighted by Gasteiger charge is -2.38. The summed E-state index contributed by atoms with van der Waals surface area (Å²) >= 11 is 0. The predicted molar refractivity (Wildman–Crippen MR) is 86.8 cm³/mol. The van der Waals surface area contributed by atoms with Crippen LogP contribution in [0.3, 0.4) is 0 Å². The number of amides is 2. The Bertz CT molecular complexity index is 475. The van der Waals surface area contributed by atoms with E-state index < -0.39 is 0 Å². The van der Waals surface area contributed by atoms with Crippen molar-refractivity contribution in [2.45, 2.75) is 39.3 Å². The van der Waals surface area contributed by atoms with Crippen molar-refractivity contribution >= 4 is 11.7 Å². The monoisotopic (exact) mass is 306 g/mol. The quantitative estimate of drug-likeness (QED) is 0.879. The van der Waals surface area contributed by atoms with Crippen molar-refractivity contribution in [3.63, 3.8) is 0 Å². The number of ether oxygens (including phenoxy) is 1. The largest absolute Gasteiger partial charge is 0.394 e. The van der Waals surface area contributed by atoms with Crippen LogP contribution >= 0.6 is 0 Å². The molecule has 122 valence electrons. The number of urea groups is 1. The molecule has 22 heavy (non-hydrogen) atoms. The first-order chi connectivity index (χ1) is 10.7. The van der Waals surface area contributed by atoms with Crippen LogP contribution in [0.25, 0.3) is 0 Å². The van der Waals surface area contributed by atoms with E-state index in [9.17, 15) is 9.90 Å². The Labute approximate surface area is 132 Å². The van der Waals surface area contributed by atoms with Gasteiger partial charge in [0.05, 0.1) is 19.3 Å². The number of anilines is 1. The topological polar surface area (TPSA) is 61.8 Å². The molecule has 2 amide bonds. The summed E-state index contributed by atoms with van der Waals surface area (Å²) in [5.41, 5.74) is 1.85. The highest BCUT2D eigenvalue weighted by molar-refractivity contribution is 5.89. The van der Waals surface area contributed by atoms with Gasteiger partial charge in [0.25, 0.3) is 0 Å². The molecule has 0 saturated carbocycles. The molecule has 1 heterocycles. The van der Waals surface area contributed by atoms with Crippen LogP contribution in [0.15, 0.2) is 24.3 Å². The van der Waals surface area contributed by atoms with Gasteiger partial charge >= 0.3 is 6.03 Å². The molecule has 0 radical (unpaired) electrons. The SMILES string of the molecule is CCOCc1ccc(NC(=O)N2CCCC(C)C2CO)cc1. The second-order valence-electron chi connectivity index (χ2n) is 5.83. The molecule has 1 aliphatic rings. The third-order valence-electron chi connectivity index (χ3n) is 4.24. The minimum Gasteiger partial charge on any atom is -0.394 e. The van der Waals surface area contributed by atoms with Gasteiger partial charge in [-0.05, 0) is 43.4 Å². The van der Waals surface area contributed by atoms with E-state index in [1.165, 1.54) is 0 Å². The van der Waals surface area contributed by atoms with E-state index in [4.69, 9.17) is 4.74 Å². The van der Waals surface area contributed by atoms with Crippen LogP contribution in [0.5, 0.6) is 0 Å². The van der Waals surface area contributed by atoms with Gasteiger partial charge in [-0.15, -0.1) is 0 Å².